The first-order chi connectivity index (χ1) is 10.0. The van der Waals surface area contributed by atoms with Crippen molar-refractivity contribution in [1.82, 2.24) is 4.98 Å². The number of hydrogen-bond acceptors (Lipinski definition) is 5. The molecule has 1 aromatic heterocycles. The topological polar surface area (TPSA) is 77.2 Å². The maximum absolute atomic E-state index is 12.0. The zero-order valence-corrected chi connectivity index (χ0v) is 13.1. The number of aromatic nitrogens is 1. The third-order valence-electron chi connectivity index (χ3n) is 4.16. The number of pyridine rings is 1. The summed E-state index contributed by atoms with van der Waals surface area (Å²) in [5.74, 6) is 1.52. The number of hydrogen-bond donors (Lipinski definition) is 2. The van der Waals surface area contributed by atoms with Crippen molar-refractivity contribution in [2.75, 3.05) is 17.7 Å². The number of nitrogens with two attached hydrogens (primary N) is 1. The molecule has 116 valence electrons. The summed E-state index contributed by atoms with van der Waals surface area (Å²) in [5.41, 5.74) is 6.63. The number of rotatable bonds is 4. The summed E-state index contributed by atoms with van der Waals surface area (Å²) >= 11 is 0. The molecule has 5 nitrogen and oxygen atoms in total. The Morgan fingerprint density at radius 1 is 1.48 bits per heavy atom. The van der Waals surface area contributed by atoms with Crippen molar-refractivity contribution >= 4 is 17.5 Å². The third kappa shape index (κ3) is 3.86. The average Bonchev–Trinajstić information content (AvgIpc) is 2.43. The molecule has 21 heavy (non-hydrogen) atoms. The van der Waals surface area contributed by atoms with Gasteiger partial charge in [0.05, 0.1) is 18.5 Å². The lowest BCUT2D eigenvalue weighted by atomic mass is 9.80. The quantitative estimate of drug-likeness (QED) is 0.834. The van der Waals surface area contributed by atoms with E-state index in [1.807, 2.05) is 0 Å². The Hall–Kier alpha value is -1.78. The van der Waals surface area contributed by atoms with Crippen molar-refractivity contribution in [3.8, 4) is 0 Å². The molecule has 3 atom stereocenters. The van der Waals surface area contributed by atoms with Crippen LogP contribution in [0, 0.1) is 11.8 Å². The number of carbonyl (C=O) groups excluding carboxylic acids is 1. The molecule has 3 N–H and O–H groups in total. The molecule has 3 unspecified atom stereocenters. The normalized spacial score (nSPS) is 25.4. The van der Waals surface area contributed by atoms with E-state index < -0.39 is 0 Å². The smallest absolute Gasteiger partial charge is 0.341 e. The molecule has 0 spiro atoms. The van der Waals surface area contributed by atoms with Crippen LogP contribution in [0.4, 0.5) is 11.5 Å². The van der Waals surface area contributed by atoms with Gasteiger partial charge in [-0.1, -0.05) is 13.8 Å². The molecule has 1 aliphatic carbocycles. The molecule has 0 aromatic carbocycles. The van der Waals surface area contributed by atoms with Gasteiger partial charge in [-0.3, -0.25) is 0 Å². The number of ether oxygens (including phenoxy) is 1. The Bertz CT molecular complexity index is 504. The number of esters is 1. The molecule has 2 rings (SSSR count). The van der Waals surface area contributed by atoms with Gasteiger partial charge in [0, 0.05) is 6.04 Å². The molecule has 1 aromatic rings. The summed E-state index contributed by atoms with van der Waals surface area (Å²) in [4.78, 5) is 16.3. The molecule has 0 bridgehead atoms. The first kappa shape index (κ1) is 15.6. The lowest BCUT2D eigenvalue weighted by molar-refractivity contribution is 0.0527. The first-order valence-corrected chi connectivity index (χ1v) is 7.70. The van der Waals surface area contributed by atoms with Gasteiger partial charge in [-0.05, 0) is 44.1 Å². The predicted octanol–water partition coefficient (Wildman–Crippen LogP) is 3.08. The minimum atomic E-state index is -0.378. The molecular formula is C16H25N3O2. The van der Waals surface area contributed by atoms with Crippen molar-refractivity contribution in [2.24, 2.45) is 11.8 Å². The minimum Gasteiger partial charge on any atom is -0.462 e. The fourth-order valence-electron chi connectivity index (χ4n) is 3.02. The number of nitrogens with one attached hydrogen (secondary N) is 1. The summed E-state index contributed by atoms with van der Waals surface area (Å²) in [6, 6.07) is 1.97. The second-order valence-electron chi connectivity index (χ2n) is 6.03. The molecule has 5 heteroatoms. The standard InChI is InChI=1S/C16H25N3O2/c1-4-21-16(20)13-8-12(17)9-18-15(13)19-14-6-5-10(2)7-11(14)3/h8-11,14H,4-7,17H2,1-3H3,(H,18,19). The van der Waals surface area contributed by atoms with Gasteiger partial charge in [-0.2, -0.15) is 0 Å². The highest BCUT2D eigenvalue weighted by molar-refractivity contribution is 5.95. The first-order valence-electron chi connectivity index (χ1n) is 7.70. The van der Waals surface area contributed by atoms with Crippen LogP contribution in [0.2, 0.25) is 0 Å². The van der Waals surface area contributed by atoms with Crippen molar-refractivity contribution in [2.45, 2.75) is 46.1 Å². The maximum Gasteiger partial charge on any atom is 0.341 e. The van der Waals surface area contributed by atoms with Crippen LogP contribution < -0.4 is 11.1 Å². The van der Waals surface area contributed by atoms with Crippen LogP contribution in [0.1, 0.15) is 50.4 Å². The Morgan fingerprint density at radius 2 is 2.24 bits per heavy atom. The zero-order valence-electron chi connectivity index (χ0n) is 13.1. The van der Waals surface area contributed by atoms with Crippen LogP contribution in [0.5, 0.6) is 0 Å². The highest BCUT2D eigenvalue weighted by atomic mass is 16.5. The second kappa shape index (κ2) is 6.78. The summed E-state index contributed by atoms with van der Waals surface area (Å²) in [6.45, 7) is 6.66. The highest BCUT2D eigenvalue weighted by Crippen LogP contribution is 2.31. The van der Waals surface area contributed by atoms with E-state index in [0.29, 0.717) is 35.6 Å². The molecule has 1 fully saturated rings. The molecule has 0 saturated heterocycles. The molecule has 1 heterocycles. The van der Waals surface area contributed by atoms with E-state index in [0.717, 1.165) is 12.3 Å². The van der Waals surface area contributed by atoms with Crippen molar-refractivity contribution < 1.29 is 9.53 Å². The van der Waals surface area contributed by atoms with Crippen LogP contribution in [0.3, 0.4) is 0 Å². The van der Waals surface area contributed by atoms with Gasteiger partial charge in [-0.25, -0.2) is 9.78 Å². The molecular weight excluding hydrogens is 266 g/mol. The Morgan fingerprint density at radius 3 is 2.90 bits per heavy atom. The lowest BCUT2D eigenvalue weighted by Crippen LogP contribution is -2.34. The minimum absolute atomic E-state index is 0.338. The van der Waals surface area contributed by atoms with Crippen molar-refractivity contribution in [3.05, 3.63) is 17.8 Å². The van der Waals surface area contributed by atoms with E-state index in [9.17, 15) is 4.79 Å². The van der Waals surface area contributed by atoms with Gasteiger partial charge in [0.2, 0.25) is 0 Å². The average molecular weight is 291 g/mol. The largest absolute Gasteiger partial charge is 0.462 e. The van der Waals surface area contributed by atoms with Gasteiger partial charge >= 0.3 is 5.97 Å². The SMILES string of the molecule is CCOC(=O)c1cc(N)cnc1NC1CCC(C)CC1C. The van der Waals surface area contributed by atoms with Crippen LogP contribution in [0.15, 0.2) is 12.3 Å². The van der Waals surface area contributed by atoms with E-state index in [1.165, 1.54) is 12.8 Å². The summed E-state index contributed by atoms with van der Waals surface area (Å²) in [5, 5.41) is 3.42. The number of nitrogen functional groups attached to an aromatic ring is 1. The Balaban J connectivity index is 2.17. The van der Waals surface area contributed by atoms with E-state index in [4.69, 9.17) is 10.5 Å². The molecule has 1 saturated carbocycles. The number of anilines is 2. The molecule has 0 radical (unpaired) electrons. The zero-order chi connectivity index (χ0) is 15.4. The monoisotopic (exact) mass is 291 g/mol. The van der Waals surface area contributed by atoms with Crippen LogP contribution in [-0.2, 0) is 4.74 Å². The molecule has 0 aliphatic heterocycles. The number of carbonyl (C=O) groups is 1. The number of nitrogens with zero attached hydrogens (tertiary/aromatic N) is 1. The second-order valence-corrected chi connectivity index (χ2v) is 6.03. The van der Waals surface area contributed by atoms with E-state index in [2.05, 4.69) is 24.1 Å². The molecule has 0 amide bonds. The summed E-state index contributed by atoms with van der Waals surface area (Å²) in [6.07, 6.45) is 5.06. The Kier molecular flexibility index (Phi) is 5.04. The van der Waals surface area contributed by atoms with Gasteiger partial charge in [-0.15, -0.1) is 0 Å². The summed E-state index contributed by atoms with van der Waals surface area (Å²) < 4.78 is 5.08. The fourth-order valence-corrected chi connectivity index (χ4v) is 3.02. The maximum atomic E-state index is 12.0. The van der Waals surface area contributed by atoms with Gasteiger partial charge in [0.25, 0.3) is 0 Å². The van der Waals surface area contributed by atoms with E-state index >= 15 is 0 Å². The van der Waals surface area contributed by atoms with Crippen LogP contribution in [-0.4, -0.2) is 23.6 Å². The van der Waals surface area contributed by atoms with Gasteiger partial charge in [0.15, 0.2) is 0 Å². The van der Waals surface area contributed by atoms with E-state index in [1.54, 1.807) is 19.2 Å². The third-order valence-corrected chi connectivity index (χ3v) is 4.16. The van der Waals surface area contributed by atoms with Crippen molar-refractivity contribution in [3.63, 3.8) is 0 Å². The van der Waals surface area contributed by atoms with E-state index in [-0.39, 0.29) is 5.97 Å². The fraction of sp³-hybridized carbons (Fsp3) is 0.625. The molecule has 1 aliphatic rings. The lowest BCUT2D eigenvalue weighted by Gasteiger charge is -2.33. The van der Waals surface area contributed by atoms with Crippen molar-refractivity contribution in [1.29, 1.82) is 0 Å². The van der Waals surface area contributed by atoms with Crippen LogP contribution >= 0.6 is 0 Å². The predicted molar refractivity (Wildman–Crippen MR) is 84.2 cm³/mol. The van der Waals surface area contributed by atoms with Gasteiger partial charge < -0.3 is 15.8 Å². The summed E-state index contributed by atoms with van der Waals surface area (Å²) in [7, 11) is 0. The van der Waals surface area contributed by atoms with Gasteiger partial charge in [0.1, 0.15) is 11.4 Å². The Labute approximate surface area is 126 Å². The highest BCUT2D eigenvalue weighted by Gasteiger charge is 2.27. The van der Waals surface area contributed by atoms with Crippen LogP contribution in [0.25, 0.3) is 0 Å².